The van der Waals surface area contributed by atoms with Gasteiger partial charge in [0, 0.05) is 16.1 Å². The Morgan fingerprint density at radius 1 is 0.933 bits per heavy atom. The zero-order valence-electron chi connectivity index (χ0n) is 16.6. The van der Waals surface area contributed by atoms with E-state index in [1.54, 1.807) is 24.3 Å². The summed E-state index contributed by atoms with van der Waals surface area (Å²) in [6.45, 7) is 3.64. The molecule has 30 heavy (non-hydrogen) atoms. The Morgan fingerprint density at radius 3 is 2.23 bits per heavy atom. The Hall–Kier alpha value is -3.37. The number of halogens is 1. The molecule has 0 fully saturated rings. The minimum absolute atomic E-state index is 0.00548. The lowest BCUT2D eigenvalue weighted by atomic mass is 10.1. The summed E-state index contributed by atoms with van der Waals surface area (Å²) in [5.41, 5.74) is 3.37. The number of hydrogen-bond donors (Lipinski definition) is 0. The first-order valence-electron chi connectivity index (χ1n) is 9.48. The van der Waals surface area contributed by atoms with Gasteiger partial charge in [-0.05, 0) is 32.0 Å². The van der Waals surface area contributed by atoms with Crippen molar-refractivity contribution < 1.29 is 13.9 Å². The lowest BCUT2D eigenvalue weighted by Crippen LogP contribution is -2.17. The standard InChI is InChI=1S/C25H19ClO4/c1-15-3-7-17(8-4-15)21(27)14-29-25-23(28)20-13-19(26)11-12-22(20)30-24(25)18-9-5-16(2)6-10-18/h3-13H,14H2,1-2H3. The van der Waals surface area contributed by atoms with Crippen LogP contribution in [0.1, 0.15) is 21.5 Å². The molecule has 0 amide bonds. The topological polar surface area (TPSA) is 56.5 Å². The summed E-state index contributed by atoms with van der Waals surface area (Å²) in [7, 11) is 0. The van der Waals surface area contributed by atoms with E-state index in [1.807, 2.05) is 50.2 Å². The fraction of sp³-hybridized carbons (Fsp3) is 0.120. The summed E-state index contributed by atoms with van der Waals surface area (Å²) in [5, 5.41) is 0.718. The van der Waals surface area contributed by atoms with E-state index in [2.05, 4.69) is 0 Å². The van der Waals surface area contributed by atoms with Crippen LogP contribution >= 0.6 is 11.6 Å². The molecule has 5 heteroatoms. The van der Waals surface area contributed by atoms with Crippen LogP contribution in [-0.4, -0.2) is 12.4 Å². The summed E-state index contributed by atoms with van der Waals surface area (Å²) < 4.78 is 11.8. The van der Waals surface area contributed by atoms with Gasteiger partial charge in [0.05, 0.1) is 5.39 Å². The number of Topliss-reactive ketones (excluding diaryl/α,β-unsaturated/α-hetero) is 1. The first-order chi connectivity index (χ1) is 14.4. The fourth-order valence-electron chi connectivity index (χ4n) is 3.14. The van der Waals surface area contributed by atoms with Crippen LogP contribution in [0.15, 0.2) is 75.9 Å². The van der Waals surface area contributed by atoms with Gasteiger partial charge >= 0.3 is 0 Å². The molecule has 0 unspecified atom stereocenters. The third-order valence-electron chi connectivity index (χ3n) is 4.85. The number of carbonyl (C=O) groups is 1. The number of aryl methyl sites for hydroxylation is 2. The minimum atomic E-state index is -0.369. The summed E-state index contributed by atoms with van der Waals surface area (Å²) >= 11 is 6.06. The van der Waals surface area contributed by atoms with Gasteiger partial charge in [0.1, 0.15) is 5.58 Å². The van der Waals surface area contributed by atoms with Crippen molar-refractivity contribution in [2.75, 3.05) is 6.61 Å². The lowest BCUT2D eigenvalue weighted by molar-refractivity contribution is 0.0920. The first kappa shape index (κ1) is 19.9. The van der Waals surface area contributed by atoms with Crippen molar-refractivity contribution >= 4 is 28.4 Å². The van der Waals surface area contributed by atoms with E-state index in [1.165, 1.54) is 6.07 Å². The molecule has 4 aromatic rings. The zero-order valence-corrected chi connectivity index (χ0v) is 17.3. The molecule has 0 aliphatic heterocycles. The second kappa shape index (κ2) is 8.17. The van der Waals surface area contributed by atoms with Crippen LogP contribution in [0.2, 0.25) is 5.02 Å². The smallest absolute Gasteiger partial charge is 0.235 e. The van der Waals surface area contributed by atoms with Gasteiger partial charge in [-0.1, -0.05) is 71.3 Å². The maximum absolute atomic E-state index is 13.2. The molecule has 0 saturated carbocycles. The third kappa shape index (κ3) is 4.00. The summed E-state index contributed by atoms with van der Waals surface area (Å²) in [6, 6.07) is 19.6. The van der Waals surface area contributed by atoms with Crippen molar-refractivity contribution in [3.8, 4) is 17.1 Å². The molecule has 1 aromatic heterocycles. The van der Waals surface area contributed by atoms with Crippen molar-refractivity contribution in [1.82, 2.24) is 0 Å². The molecule has 0 aliphatic rings. The average Bonchev–Trinajstić information content (AvgIpc) is 2.74. The van der Waals surface area contributed by atoms with E-state index in [-0.39, 0.29) is 29.3 Å². The molecule has 1 heterocycles. The summed E-state index contributed by atoms with van der Waals surface area (Å²) in [6.07, 6.45) is 0. The molecular weight excluding hydrogens is 400 g/mol. The van der Waals surface area contributed by atoms with Gasteiger partial charge in [-0.15, -0.1) is 0 Å². The predicted octanol–water partition coefficient (Wildman–Crippen LogP) is 5.99. The summed E-state index contributed by atoms with van der Waals surface area (Å²) in [4.78, 5) is 25.8. The molecule has 0 atom stereocenters. The molecule has 0 bridgehead atoms. The van der Waals surface area contributed by atoms with Gasteiger partial charge in [-0.25, -0.2) is 0 Å². The second-order valence-electron chi connectivity index (χ2n) is 7.17. The minimum Gasteiger partial charge on any atom is -0.478 e. The highest BCUT2D eigenvalue weighted by molar-refractivity contribution is 6.31. The van der Waals surface area contributed by atoms with Crippen molar-refractivity contribution in [3.05, 3.63) is 98.7 Å². The predicted molar refractivity (Wildman–Crippen MR) is 119 cm³/mol. The number of ketones is 1. The first-order valence-corrected chi connectivity index (χ1v) is 9.86. The Balaban J connectivity index is 1.77. The van der Waals surface area contributed by atoms with E-state index in [0.717, 1.165) is 11.1 Å². The van der Waals surface area contributed by atoms with Crippen molar-refractivity contribution in [3.63, 3.8) is 0 Å². The van der Waals surface area contributed by atoms with E-state index in [4.69, 9.17) is 20.8 Å². The number of benzene rings is 3. The molecule has 4 rings (SSSR count). The Kier molecular flexibility index (Phi) is 5.42. The van der Waals surface area contributed by atoms with E-state index in [9.17, 15) is 9.59 Å². The lowest BCUT2D eigenvalue weighted by Gasteiger charge is -2.12. The van der Waals surface area contributed by atoms with Crippen LogP contribution in [0.3, 0.4) is 0 Å². The zero-order chi connectivity index (χ0) is 21.3. The molecular formula is C25H19ClO4. The van der Waals surface area contributed by atoms with Crippen LogP contribution in [0, 0.1) is 13.8 Å². The largest absolute Gasteiger partial charge is 0.478 e. The molecule has 0 saturated heterocycles. The molecule has 4 nitrogen and oxygen atoms in total. The maximum atomic E-state index is 13.2. The van der Waals surface area contributed by atoms with Gasteiger partial charge in [0.15, 0.2) is 18.2 Å². The number of rotatable bonds is 5. The number of fused-ring (bicyclic) bond motifs is 1. The van der Waals surface area contributed by atoms with Crippen molar-refractivity contribution in [2.45, 2.75) is 13.8 Å². The molecule has 0 aliphatic carbocycles. The molecule has 3 aromatic carbocycles. The van der Waals surface area contributed by atoms with Crippen LogP contribution in [0.25, 0.3) is 22.3 Å². The molecule has 150 valence electrons. The summed E-state index contributed by atoms with van der Waals surface area (Å²) in [5.74, 6) is 0.0519. The molecule has 0 spiro atoms. The molecule has 0 radical (unpaired) electrons. The number of hydrogen-bond acceptors (Lipinski definition) is 4. The Bertz CT molecular complexity index is 1290. The Morgan fingerprint density at radius 2 is 1.57 bits per heavy atom. The van der Waals surface area contributed by atoms with Crippen LogP contribution < -0.4 is 10.2 Å². The fourth-order valence-corrected chi connectivity index (χ4v) is 3.31. The average molecular weight is 419 g/mol. The maximum Gasteiger partial charge on any atom is 0.235 e. The highest BCUT2D eigenvalue weighted by Crippen LogP contribution is 2.32. The highest BCUT2D eigenvalue weighted by atomic mass is 35.5. The quantitative estimate of drug-likeness (QED) is 0.373. The van der Waals surface area contributed by atoms with Gasteiger partial charge in [-0.3, -0.25) is 9.59 Å². The van der Waals surface area contributed by atoms with Crippen molar-refractivity contribution in [1.29, 1.82) is 0 Å². The van der Waals surface area contributed by atoms with Gasteiger partial charge < -0.3 is 9.15 Å². The third-order valence-corrected chi connectivity index (χ3v) is 5.08. The van der Waals surface area contributed by atoms with Gasteiger partial charge in [0.2, 0.25) is 11.2 Å². The van der Waals surface area contributed by atoms with Gasteiger partial charge in [-0.2, -0.15) is 0 Å². The number of carbonyl (C=O) groups excluding carboxylic acids is 1. The van der Waals surface area contributed by atoms with E-state index in [0.29, 0.717) is 27.1 Å². The van der Waals surface area contributed by atoms with Crippen LogP contribution in [0.4, 0.5) is 0 Å². The number of ether oxygens (including phenoxy) is 1. The van der Waals surface area contributed by atoms with Crippen LogP contribution in [-0.2, 0) is 0 Å². The van der Waals surface area contributed by atoms with Gasteiger partial charge in [0.25, 0.3) is 0 Å². The molecule has 0 N–H and O–H groups in total. The normalized spacial score (nSPS) is 10.9. The van der Waals surface area contributed by atoms with E-state index >= 15 is 0 Å². The SMILES string of the molecule is Cc1ccc(C(=O)COc2c(-c3ccc(C)cc3)oc3ccc(Cl)cc3c2=O)cc1. The Labute approximate surface area is 178 Å². The van der Waals surface area contributed by atoms with E-state index < -0.39 is 0 Å². The van der Waals surface area contributed by atoms with Crippen LogP contribution in [0.5, 0.6) is 5.75 Å². The van der Waals surface area contributed by atoms with Crippen molar-refractivity contribution in [2.24, 2.45) is 0 Å². The second-order valence-corrected chi connectivity index (χ2v) is 7.61. The monoisotopic (exact) mass is 418 g/mol. The highest BCUT2D eigenvalue weighted by Gasteiger charge is 2.19.